The van der Waals surface area contributed by atoms with Gasteiger partial charge in [-0.05, 0) is 85.1 Å². The Morgan fingerprint density at radius 3 is 2.33 bits per heavy atom. The number of hydrogen-bond donors (Lipinski definition) is 0. The van der Waals surface area contributed by atoms with Crippen molar-refractivity contribution in [3.63, 3.8) is 0 Å². The van der Waals surface area contributed by atoms with E-state index in [-0.39, 0.29) is 18.2 Å². The lowest BCUT2D eigenvalue weighted by Gasteiger charge is -2.34. The minimum atomic E-state index is -3.14. The summed E-state index contributed by atoms with van der Waals surface area (Å²) in [5.41, 5.74) is 4.94. The molecule has 2 aromatic carbocycles. The molecule has 2 aromatic rings. The number of nitrogens with zero attached hydrogens (tertiary/aromatic N) is 1. The third-order valence-electron chi connectivity index (χ3n) is 6.82. The second-order valence-electron chi connectivity index (χ2n) is 9.64. The Kier molecular flexibility index (Phi) is 7.19. The van der Waals surface area contributed by atoms with E-state index in [1.165, 1.54) is 37.7 Å². The van der Waals surface area contributed by atoms with Crippen LogP contribution < -0.4 is 4.31 Å². The van der Waals surface area contributed by atoms with Crippen LogP contribution in [0.5, 0.6) is 0 Å². The first-order chi connectivity index (χ1) is 13.8. The van der Waals surface area contributed by atoms with E-state index in [4.69, 9.17) is 0 Å². The lowest BCUT2D eigenvalue weighted by molar-refractivity contribution is 0.185. The largest absolute Gasteiger partial charge is 0.270 e. The molecule has 0 aromatic heterocycles. The summed E-state index contributed by atoms with van der Waals surface area (Å²) in [6, 6.07) is 16.7. The van der Waals surface area contributed by atoms with Crippen molar-refractivity contribution in [1.29, 1.82) is 0 Å². The zero-order valence-electron chi connectivity index (χ0n) is 18.1. The average Bonchev–Trinajstić information content (AvgIpc) is 3.07. The molecule has 2 aliphatic rings. The molecular weight excluding hydrogens is 414 g/mol. The van der Waals surface area contributed by atoms with E-state index >= 15 is 0 Å². The third kappa shape index (κ3) is 5.39. The molecule has 0 bridgehead atoms. The van der Waals surface area contributed by atoms with E-state index < -0.39 is 10.0 Å². The Morgan fingerprint density at radius 1 is 1.00 bits per heavy atom. The molecule has 0 amide bonds. The number of hydrogen-bond acceptors (Lipinski definition) is 2. The molecule has 30 heavy (non-hydrogen) atoms. The van der Waals surface area contributed by atoms with Crippen LogP contribution in [0.25, 0.3) is 11.1 Å². The summed E-state index contributed by atoms with van der Waals surface area (Å²) in [6.07, 6.45) is 8.61. The van der Waals surface area contributed by atoms with E-state index in [9.17, 15) is 8.42 Å². The van der Waals surface area contributed by atoms with Crippen LogP contribution in [-0.4, -0.2) is 20.7 Å². The molecule has 164 valence electrons. The van der Waals surface area contributed by atoms with Crippen molar-refractivity contribution in [2.24, 2.45) is 11.3 Å². The fourth-order valence-corrected chi connectivity index (χ4v) is 6.31. The van der Waals surface area contributed by atoms with Gasteiger partial charge in [-0.2, -0.15) is 0 Å². The predicted octanol–water partition coefficient (Wildman–Crippen LogP) is 6.46. The van der Waals surface area contributed by atoms with Crippen molar-refractivity contribution < 1.29 is 8.42 Å². The number of halogens is 1. The normalized spacial score (nSPS) is 20.7. The maximum atomic E-state index is 12.2. The number of benzene rings is 2. The Labute approximate surface area is 188 Å². The van der Waals surface area contributed by atoms with Crippen LogP contribution in [0, 0.1) is 11.3 Å². The quantitative estimate of drug-likeness (QED) is 0.527. The van der Waals surface area contributed by atoms with Gasteiger partial charge in [0, 0.05) is 6.54 Å². The highest BCUT2D eigenvalue weighted by molar-refractivity contribution is 7.93. The lowest BCUT2D eigenvalue weighted by atomic mass is 9.72. The molecule has 0 atom stereocenters. The maximum absolute atomic E-state index is 12.2. The Bertz CT molecular complexity index is 943. The van der Waals surface area contributed by atoms with Gasteiger partial charge in [-0.25, -0.2) is 8.42 Å². The highest BCUT2D eigenvalue weighted by atomic mass is 35.5. The standard InChI is InChI=1S/C25H33NO2S.ClH/c1-25(2)15-13-21(14-16-25)8-7-20-9-11-22(12-10-20)23-5-3-6-24(19-23)26-17-4-18-29(26,27)28;/h3,5-6,9-12,19,21H,4,7-8,13-18H2,1-2H3;1H. The van der Waals surface area contributed by atoms with Crippen LogP contribution in [0.3, 0.4) is 0 Å². The van der Waals surface area contributed by atoms with Gasteiger partial charge in [0.25, 0.3) is 0 Å². The molecule has 0 unspecified atom stereocenters. The number of aryl methyl sites for hydroxylation is 1. The van der Waals surface area contributed by atoms with Crippen LogP contribution in [0.1, 0.15) is 57.9 Å². The van der Waals surface area contributed by atoms with Crippen molar-refractivity contribution in [3.8, 4) is 11.1 Å². The van der Waals surface area contributed by atoms with Crippen molar-refractivity contribution in [2.75, 3.05) is 16.6 Å². The predicted molar refractivity (Wildman–Crippen MR) is 129 cm³/mol. The van der Waals surface area contributed by atoms with Gasteiger partial charge in [0.2, 0.25) is 10.0 Å². The number of rotatable bonds is 5. The number of anilines is 1. The van der Waals surface area contributed by atoms with Crippen LogP contribution in [0.4, 0.5) is 5.69 Å². The lowest BCUT2D eigenvalue weighted by Crippen LogP contribution is -2.24. The molecule has 3 nitrogen and oxygen atoms in total. The molecule has 0 radical (unpaired) electrons. The highest BCUT2D eigenvalue weighted by Gasteiger charge is 2.28. The SMILES string of the molecule is CC1(C)CCC(CCc2ccc(-c3cccc(N4CCCS4(=O)=O)c3)cc2)CC1.Cl. The first-order valence-electron chi connectivity index (χ1n) is 11.0. The summed E-state index contributed by atoms with van der Waals surface area (Å²) >= 11 is 0. The van der Waals surface area contributed by atoms with E-state index in [0.717, 1.165) is 29.2 Å². The monoisotopic (exact) mass is 447 g/mol. The molecule has 4 rings (SSSR count). The van der Waals surface area contributed by atoms with Gasteiger partial charge in [0.1, 0.15) is 0 Å². The Hall–Kier alpha value is -1.52. The molecule has 1 aliphatic heterocycles. The van der Waals surface area contributed by atoms with E-state index in [1.807, 2.05) is 18.2 Å². The Morgan fingerprint density at radius 2 is 1.70 bits per heavy atom. The molecule has 1 aliphatic carbocycles. The second kappa shape index (κ2) is 9.32. The molecule has 2 fully saturated rings. The smallest absolute Gasteiger partial charge is 0.235 e. The molecule has 0 spiro atoms. The summed E-state index contributed by atoms with van der Waals surface area (Å²) in [6.45, 7) is 5.38. The highest BCUT2D eigenvalue weighted by Crippen LogP contribution is 2.39. The summed E-state index contributed by atoms with van der Waals surface area (Å²) in [7, 11) is -3.14. The average molecular weight is 448 g/mol. The summed E-state index contributed by atoms with van der Waals surface area (Å²) < 4.78 is 26.0. The summed E-state index contributed by atoms with van der Waals surface area (Å²) in [5.74, 6) is 1.13. The van der Waals surface area contributed by atoms with Crippen molar-refractivity contribution in [2.45, 2.75) is 58.8 Å². The van der Waals surface area contributed by atoms with Crippen LogP contribution >= 0.6 is 12.4 Å². The molecule has 1 saturated heterocycles. The zero-order chi connectivity index (χ0) is 20.5. The second-order valence-corrected chi connectivity index (χ2v) is 11.6. The van der Waals surface area contributed by atoms with Gasteiger partial charge >= 0.3 is 0 Å². The summed E-state index contributed by atoms with van der Waals surface area (Å²) in [4.78, 5) is 0. The first kappa shape index (κ1) is 23.1. The maximum Gasteiger partial charge on any atom is 0.235 e. The van der Waals surface area contributed by atoms with Crippen molar-refractivity contribution in [3.05, 3.63) is 54.1 Å². The van der Waals surface area contributed by atoms with Gasteiger partial charge < -0.3 is 0 Å². The number of sulfonamides is 1. The third-order valence-corrected chi connectivity index (χ3v) is 8.69. The van der Waals surface area contributed by atoms with Gasteiger partial charge in [-0.3, -0.25) is 4.31 Å². The summed E-state index contributed by atoms with van der Waals surface area (Å²) in [5, 5.41) is 0. The zero-order valence-corrected chi connectivity index (χ0v) is 19.8. The minimum absolute atomic E-state index is 0. The fraction of sp³-hybridized carbons (Fsp3) is 0.520. The fourth-order valence-electron chi connectivity index (χ4n) is 4.75. The van der Waals surface area contributed by atoms with Gasteiger partial charge in [0.05, 0.1) is 11.4 Å². The first-order valence-corrected chi connectivity index (χ1v) is 12.6. The van der Waals surface area contributed by atoms with Crippen LogP contribution in [0.2, 0.25) is 0 Å². The van der Waals surface area contributed by atoms with E-state index in [2.05, 4.69) is 44.2 Å². The van der Waals surface area contributed by atoms with Crippen LogP contribution in [-0.2, 0) is 16.4 Å². The molecule has 5 heteroatoms. The van der Waals surface area contributed by atoms with Gasteiger partial charge in [-0.15, -0.1) is 12.4 Å². The van der Waals surface area contributed by atoms with E-state index in [1.54, 1.807) is 4.31 Å². The van der Waals surface area contributed by atoms with Crippen LogP contribution in [0.15, 0.2) is 48.5 Å². The van der Waals surface area contributed by atoms with Gasteiger partial charge in [0.15, 0.2) is 0 Å². The Balaban J connectivity index is 0.00000256. The molecule has 1 saturated carbocycles. The molecule has 0 N–H and O–H groups in total. The molecule has 1 heterocycles. The topological polar surface area (TPSA) is 37.4 Å². The van der Waals surface area contributed by atoms with Crippen molar-refractivity contribution >= 4 is 28.1 Å². The molecular formula is C25H34ClNO2S. The minimum Gasteiger partial charge on any atom is -0.270 e. The van der Waals surface area contributed by atoms with Gasteiger partial charge in [-0.1, -0.05) is 50.2 Å². The van der Waals surface area contributed by atoms with Crippen molar-refractivity contribution in [1.82, 2.24) is 0 Å². The van der Waals surface area contributed by atoms with E-state index in [0.29, 0.717) is 18.4 Å².